The number of amidine groups is 1. The first-order chi connectivity index (χ1) is 13.0. The molecule has 0 saturated heterocycles. The summed E-state index contributed by atoms with van der Waals surface area (Å²) in [6, 6.07) is 13.2. The normalized spacial score (nSPS) is 13.7. The Hall–Kier alpha value is -3.19. The van der Waals surface area contributed by atoms with Crippen LogP contribution < -0.4 is 5.73 Å². The Morgan fingerprint density at radius 3 is 2.22 bits per heavy atom. The second kappa shape index (κ2) is 8.01. The van der Waals surface area contributed by atoms with Crippen LogP contribution in [0.5, 0.6) is 0 Å². The van der Waals surface area contributed by atoms with Gasteiger partial charge in [0.1, 0.15) is 0 Å². The van der Waals surface area contributed by atoms with Crippen LogP contribution in [0.3, 0.4) is 0 Å². The van der Waals surface area contributed by atoms with Gasteiger partial charge in [0.15, 0.2) is 5.84 Å². The van der Waals surface area contributed by atoms with E-state index in [-0.39, 0.29) is 37.0 Å². The zero-order valence-electron chi connectivity index (χ0n) is 14.2. The number of imide groups is 1. The van der Waals surface area contributed by atoms with Gasteiger partial charge >= 0.3 is 5.97 Å². The minimum Gasteiger partial charge on any atom is -0.380 e. The Morgan fingerprint density at radius 2 is 1.63 bits per heavy atom. The Labute approximate surface area is 160 Å². The molecule has 0 atom stereocenters. The highest BCUT2D eigenvalue weighted by Gasteiger charge is 2.34. The molecule has 7 nitrogen and oxygen atoms in total. The third kappa shape index (κ3) is 4.15. The number of hydrogen-bond acceptors (Lipinski definition) is 5. The SMILES string of the molecule is N/C(=N/OC(=O)CCCN1C(=O)c2ccccc2C1=O)c1ccc(Cl)cc1. The first-order valence-corrected chi connectivity index (χ1v) is 8.59. The van der Waals surface area contributed by atoms with Crippen LogP contribution in [-0.4, -0.2) is 35.1 Å². The largest absolute Gasteiger partial charge is 0.380 e. The van der Waals surface area contributed by atoms with Gasteiger partial charge in [0, 0.05) is 23.6 Å². The molecule has 27 heavy (non-hydrogen) atoms. The number of rotatable bonds is 6. The molecule has 3 rings (SSSR count). The van der Waals surface area contributed by atoms with Crippen LogP contribution in [0.4, 0.5) is 0 Å². The zero-order chi connectivity index (χ0) is 19.4. The average Bonchev–Trinajstić information content (AvgIpc) is 2.92. The number of hydrogen-bond donors (Lipinski definition) is 1. The van der Waals surface area contributed by atoms with E-state index in [1.165, 1.54) is 0 Å². The number of amides is 2. The minimum absolute atomic E-state index is 0.00912. The maximum atomic E-state index is 12.2. The van der Waals surface area contributed by atoms with E-state index in [0.717, 1.165) is 4.90 Å². The van der Waals surface area contributed by atoms with E-state index >= 15 is 0 Å². The Morgan fingerprint density at radius 1 is 1.04 bits per heavy atom. The first-order valence-electron chi connectivity index (χ1n) is 8.22. The van der Waals surface area contributed by atoms with Gasteiger partial charge in [-0.1, -0.05) is 28.9 Å². The molecule has 0 spiro atoms. The molecule has 2 amide bonds. The fourth-order valence-electron chi connectivity index (χ4n) is 2.64. The molecule has 138 valence electrons. The summed E-state index contributed by atoms with van der Waals surface area (Å²) in [5, 5.41) is 4.14. The molecule has 1 heterocycles. The summed E-state index contributed by atoms with van der Waals surface area (Å²) in [5.41, 5.74) is 7.07. The highest BCUT2D eigenvalue weighted by Crippen LogP contribution is 2.22. The summed E-state index contributed by atoms with van der Waals surface area (Å²) in [7, 11) is 0. The molecular formula is C19H16ClN3O4. The van der Waals surface area contributed by atoms with Gasteiger partial charge in [-0.3, -0.25) is 14.5 Å². The number of benzene rings is 2. The van der Waals surface area contributed by atoms with Gasteiger partial charge in [-0.05, 0) is 42.8 Å². The smallest absolute Gasteiger partial charge is 0.335 e. The van der Waals surface area contributed by atoms with E-state index in [4.69, 9.17) is 22.2 Å². The molecule has 0 unspecified atom stereocenters. The molecule has 8 heteroatoms. The summed E-state index contributed by atoms with van der Waals surface area (Å²) in [6.45, 7) is 0.123. The fraction of sp³-hybridized carbons (Fsp3) is 0.158. The van der Waals surface area contributed by atoms with Crippen molar-refractivity contribution in [1.82, 2.24) is 4.90 Å². The van der Waals surface area contributed by atoms with Crippen molar-refractivity contribution in [3.05, 3.63) is 70.2 Å². The van der Waals surface area contributed by atoms with Crippen molar-refractivity contribution in [2.75, 3.05) is 6.54 Å². The number of halogens is 1. The van der Waals surface area contributed by atoms with Crippen molar-refractivity contribution >= 4 is 35.2 Å². The number of oxime groups is 1. The average molecular weight is 386 g/mol. The molecule has 0 aliphatic carbocycles. The summed E-state index contributed by atoms with van der Waals surface area (Å²) < 4.78 is 0. The van der Waals surface area contributed by atoms with E-state index in [1.807, 2.05) is 0 Å². The molecule has 0 fully saturated rings. The number of nitrogens with zero attached hydrogens (tertiary/aromatic N) is 2. The third-order valence-electron chi connectivity index (χ3n) is 4.03. The standard InChI is InChI=1S/C19H16ClN3O4/c20-13-9-7-12(8-10-13)17(21)22-27-16(24)6-3-11-23-18(25)14-4-1-2-5-15(14)19(23)26/h1-2,4-5,7-10H,3,6,11H2,(H2,21,22). The molecule has 1 aliphatic heterocycles. The maximum Gasteiger partial charge on any atom is 0.335 e. The highest BCUT2D eigenvalue weighted by atomic mass is 35.5. The lowest BCUT2D eigenvalue weighted by molar-refractivity contribution is -0.143. The number of carbonyl (C=O) groups is 3. The molecule has 0 saturated carbocycles. The Bertz CT molecular complexity index is 890. The molecule has 2 aromatic carbocycles. The van der Waals surface area contributed by atoms with Gasteiger partial charge in [0.2, 0.25) is 0 Å². The number of nitrogens with two attached hydrogens (primary N) is 1. The lowest BCUT2D eigenvalue weighted by Crippen LogP contribution is -2.31. The van der Waals surface area contributed by atoms with E-state index in [1.54, 1.807) is 48.5 Å². The Kier molecular flexibility index (Phi) is 5.52. The van der Waals surface area contributed by atoms with Crippen LogP contribution in [0.25, 0.3) is 0 Å². The van der Waals surface area contributed by atoms with E-state index < -0.39 is 5.97 Å². The van der Waals surface area contributed by atoms with Crippen LogP contribution in [-0.2, 0) is 9.63 Å². The summed E-state index contributed by atoms with van der Waals surface area (Å²) in [6.07, 6.45) is 0.255. The first kappa shape index (κ1) is 18.6. The molecular weight excluding hydrogens is 370 g/mol. The van der Waals surface area contributed by atoms with Crippen molar-refractivity contribution in [1.29, 1.82) is 0 Å². The van der Waals surface area contributed by atoms with Crippen molar-refractivity contribution < 1.29 is 19.2 Å². The maximum absolute atomic E-state index is 12.2. The predicted molar refractivity (Wildman–Crippen MR) is 99.3 cm³/mol. The van der Waals surface area contributed by atoms with E-state index in [2.05, 4.69) is 5.16 Å². The lowest BCUT2D eigenvalue weighted by Gasteiger charge is -2.12. The van der Waals surface area contributed by atoms with Gasteiger partial charge in [0.25, 0.3) is 11.8 Å². The second-order valence-corrected chi connectivity index (χ2v) is 6.29. The second-order valence-electron chi connectivity index (χ2n) is 5.86. The van der Waals surface area contributed by atoms with Crippen molar-refractivity contribution in [2.45, 2.75) is 12.8 Å². The van der Waals surface area contributed by atoms with Crippen LogP contribution in [0.15, 0.2) is 53.7 Å². The van der Waals surface area contributed by atoms with Gasteiger partial charge in [-0.2, -0.15) is 0 Å². The third-order valence-corrected chi connectivity index (χ3v) is 4.28. The molecule has 0 bridgehead atoms. The van der Waals surface area contributed by atoms with Crippen molar-refractivity contribution in [2.24, 2.45) is 10.9 Å². The van der Waals surface area contributed by atoms with E-state index in [9.17, 15) is 14.4 Å². The van der Waals surface area contributed by atoms with Crippen molar-refractivity contribution in [3.8, 4) is 0 Å². The molecule has 0 radical (unpaired) electrons. The van der Waals surface area contributed by atoms with Gasteiger partial charge in [-0.25, -0.2) is 4.79 Å². The van der Waals surface area contributed by atoms with E-state index in [0.29, 0.717) is 21.7 Å². The van der Waals surface area contributed by atoms with Crippen molar-refractivity contribution in [3.63, 3.8) is 0 Å². The molecule has 2 N–H and O–H groups in total. The topological polar surface area (TPSA) is 102 Å². The van der Waals surface area contributed by atoms with Gasteiger partial charge in [0.05, 0.1) is 11.1 Å². The van der Waals surface area contributed by atoms with Crippen LogP contribution >= 0.6 is 11.6 Å². The quantitative estimate of drug-likeness (QED) is 0.271. The van der Waals surface area contributed by atoms with Gasteiger partial charge < -0.3 is 10.6 Å². The summed E-state index contributed by atoms with van der Waals surface area (Å²) >= 11 is 5.79. The Balaban J connectivity index is 1.49. The lowest BCUT2D eigenvalue weighted by atomic mass is 10.1. The van der Waals surface area contributed by atoms with Crippen LogP contribution in [0.2, 0.25) is 5.02 Å². The fourth-order valence-corrected chi connectivity index (χ4v) is 2.77. The molecule has 0 aromatic heterocycles. The monoisotopic (exact) mass is 385 g/mol. The number of carbonyl (C=O) groups excluding carboxylic acids is 3. The number of fused-ring (bicyclic) bond motifs is 1. The zero-order valence-corrected chi connectivity index (χ0v) is 15.0. The summed E-state index contributed by atoms with van der Waals surface area (Å²) in [5.74, 6) is -1.27. The highest BCUT2D eigenvalue weighted by molar-refractivity contribution is 6.30. The van der Waals surface area contributed by atoms with Crippen LogP contribution in [0.1, 0.15) is 39.1 Å². The summed E-state index contributed by atoms with van der Waals surface area (Å²) in [4.78, 5) is 42.1. The van der Waals surface area contributed by atoms with Crippen LogP contribution in [0, 0.1) is 0 Å². The molecule has 1 aliphatic rings. The minimum atomic E-state index is -0.608. The predicted octanol–water partition coefficient (Wildman–Crippen LogP) is 2.58. The molecule has 2 aromatic rings. The van der Waals surface area contributed by atoms with Gasteiger partial charge in [-0.15, -0.1) is 0 Å².